The number of Topliss-reactive ketones (excluding diaryl/α,β-unsaturated/α-hetero) is 1. The van der Waals surface area contributed by atoms with E-state index in [2.05, 4.69) is 16.0 Å². The number of hydrogen-bond acceptors (Lipinski definition) is 3. The third-order valence-electron chi connectivity index (χ3n) is 4.10. The van der Waals surface area contributed by atoms with Crippen molar-refractivity contribution < 1.29 is 4.79 Å². The predicted octanol–water partition coefficient (Wildman–Crippen LogP) is 2.66. The van der Waals surface area contributed by atoms with Crippen molar-refractivity contribution in [3.8, 4) is 0 Å². The van der Waals surface area contributed by atoms with Gasteiger partial charge in [-0.15, -0.1) is 0 Å². The van der Waals surface area contributed by atoms with Gasteiger partial charge in [0.05, 0.1) is 11.9 Å². The minimum Gasteiger partial charge on any atom is -0.367 e. The van der Waals surface area contributed by atoms with Crippen LogP contribution in [0.3, 0.4) is 0 Å². The maximum atomic E-state index is 11.5. The molecule has 2 fully saturated rings. The predicted molar refractivity (Wildman–Crippen MR) is 67.3 cm³/mol. The molecule has 1 aromatic heterocycles. The van der Waals surface area contributed by atoms with Crippen molar-refractivity contribution in [1.82, 2.24) is 4.98 Å². The van der Waals surface area contributed by atoms with Crippen LogP contribution >= 0.6 is 0 Å². The van der Waals surface area contributed by atoms with E-state index in [1.807, 2.05) is 19.2 Å². The van der Waals surface area contributed by atoms with Gasteiger partial charge in [-0.05, 0) is 37.3 Å². The lowest BCUT2D eigenvalue weighted by Crippen LogP contribution is -2.31. The fourth-order valence-corrected chi connectivity index (χ4v) is 3.14. The lowest BCUT2D eigenvalue weighted by molar-refractivity contribution is 0.0983. The van der Waals surface area contributed by atoms with Gasteiger partial charge in [0.15, 0.2) is 5.78 Å². The second-order valence-corrected chi connectivity index (χ2v) is 5.16. The van der Waals surface area contributed by atoms with E-state index in [1.54, 1.807) is 0 Å². The van der Waals surface area contributed by atoms with E-state index < -0.39 is 0 Å². The van der Waals surface area contributed by atoms with Gasteiger partial charge in [-0.2, -0.15) is 0 Å². The average Bonchev–Trinajstić information content (AvgIpc) is 3.00. The number of aromatic nitrogens is 1. The van der Waals surface area contributed by atoms with Gasteiger partial charge < -0.3 is 4.90 Å². The van der Waals surface area contributed by atoms with Crippen LogP contribution < -0.4 is 4.90 Å². The van der Waals surface area contributed by atoms with Crippen molar-refractivity contribution in [3.05, 3.63) is 24.0 Å². The molecular formula is C14H18N2O. The molecule has 2 bridgehead atoms. The molecule has 3 rings (SSSR count). The Morgan fingerprint density at radius 2 is 2.35 bits per heavy atom. The quantitative estimate of drug-likeness (QED) is 0.748. The van der Waals surface area contributed by atoms with Gasteiger partial charge in [0.1, 0.15) is 5.69 Å². The summed E-state index contributed by atoms with van der Waals surface area (Å²) < 4.78 is 0. The van der Waals surface area contributed by atoms with Crippen molar-refractivity contribution in [2.75, 3.05) is 11.4 Å². The highest BCUT2D eigenvalue weighted by Crippen LogP contribution is 2.39. The Hall–Kier alpha value is -1.38. The van der Waals surface area contributed by atoms with Crippen molar-refractivity contribution in [2.45, 2.75) is 38.6 Å². The SMILES string of the molecule is CCC(=O)c1ccc(N2CC3CCC2C3)cn1. The van der Waals surface area contributed by atoms with Crippen LogP contribution in [-0.2, 0) is 0 Å². The molecule has 0 radical (unpaired) electrons. The van der Waals surface area contributed by atoms with E-state index in [0.717, 1.165) is 12.0 Å². The van der Waals surface area contributed by atoms with E-state index in [1.165, 1.54) is 31.5 Å². The maximum Gasteiger partial charge on any atom is 0.180 e. The Morgan fingerprint density at radius 1 is 1.47 bits per heavy atom. The lowest BCUT2D eigenvalue weighted by Gasteiger charge is -2.28. The van der Waals surface area contributed by atoms with Crippen LogP contribution in [0, 0.1) is 5.92 Å². The van der Waals surface area contributed by atoms with Gasteiger partial charge >= 0.3 is 0 Å². The highest BCUT2D eigenvalue weighted by Gasteiger charge is 2.37. The smallest absolute Gasteiger partial charge is 0.180 e. The maximum absolute atomic E-state index is 11.5. The fourth-order valence-electron chi connectivity index (χ4n) is 3.14. The topological polar surface area (TPSA) is 33.2 Å². The molecule has 0 spiro atoms. The number of anilines is 1. The summed E-state index contributed by atoms with van der Waals surface area (Å²) in [5.74, 6) is 1.01. The number of piperidine rings is 1. The van der Waals surface area contributed by atoms with E-state index >= 15 is 0 Å². The van der Waals surface area contributed by atoms with Crippen LogP contribution in [0.15, 0.2) is 18.3 Å². The summed E-state index contributed by atoms with van der Waals surface area (Å²) in [6, 6.07) is 4.64. The number of carbonyl (C=O) groups is 1. The summed E-state index contributed by atoms with van der Waals surface area (Å²) in [4.78, 5) is 18.2. The largest absolute Gasteiger partial charge is 0.367 e. The Kier molecular flexibility index (Phi) is 2.61. The molecule has 3 heteroatoms. The third kappa shape index (κ3) is 1.84. The first kappa shape index (κ1) is 10.8. The van der Waals surface area contributed by atoms with Crippen LogP contribution in [0.2, 0.25) is 0 Å². The molecule has 90 valence electrons. The third-order valence-corrected chi connectivity index (χ3v) is 4.10. The fraction of sp³-hybridized carbons (Fsp3) is 0.571. The number of carbonyl (C=O) groups excluding carboxylic acids is 1. The minimum atomic E-state index is 0.125. The van der Waals surface area contributed by atoms with Crippen molar-refractivity contribution >= 4 is 11.5 Å². The molecule has 1 aliphatic carbocycles. The summed E-state index contributed by atoms with van der Waals surface area (Å²) >= 11 is 0. The van der Waals surface area contributed by atoms with Crippen LogP contribution in [0.4, 0.5) is 5.69 Å². The molecule has 2 aliphatic rings. The van der Waals surface area contributed by atoms with E-state index in [-0.39, 0.29) is 5.78 Å². The monoisotopic (exact) mass is 230 g/mol. The number of fused-ring (bicyclic) bond motifs is 2. The first-order valence-corrected chi connectivity index (χ1v) is 6.54. The molecule has 2 heterocycles. The van der Waals surface area contributed by atoms with Crippen molar-refractivity contribution in [3.63, 3.8) is 0 Å². The molecule has 0 amide bonds. The highest BCUT2D eigenvalue weighted by atomic mass is 16.1. The number of ketones is 1. The van der Waals surface area contributed by atoms with Gasteiger partial charge in [-0.1, -0.05) is 6.92 Å². The number of nitrogens with zero attached hydrogens (tertiary/aromatic N) is 2. The number of pyridine rings is 1. The summed E-state index contributed by atoms with van der Waals surface area (Å²) in [6.07, 6.45) is 6.45. The van der Waals surface area contributed by atoms with Crippen LogP contribution in [0.5, 0.6) is 0 Å². The van der Waals surface area contributed by atoms with Gasteiger partial charge in [0.2, 0.25) is 0 Å². The van der Waals surface area contributed by atoms with E-state index in [4.69, 9.17) is 0 Å². The molecule has 1 saturated heterocycles. The second kappa shape index (κ2) is 4.13. The van der Waals surface area contributed by atoms with Gasteiger partial charge in [0.25, 0.3) is 0 Å². The van der Waals surface area contributed by atoms with E-state index in [0.29, 0.717) is 12.1 Å². The highest BCUT2D eigenvalue weighted by molar-refractivity contribution is 5.94. The van der Waals surface area contributed by atoms with Gasteiger partial charge in [-0.25, -0.2) is 0 Å². The lowest BCUT2D eigenvalue weighted by atomic mass is 10.1. The molecule has 0 N–H and O–H groups in total. The first-order valence-electron chi connectivity index (χ1n) is 6.54. The van der Waals surface area contributed by atoms with Crippen molar-refractivity contribution in [1.29, 1.82) is 0 Å². The number of rotatable bonds is 3. The van der Waals surface area contributed by atoms with Gasteiger partial charge in [-0.3, -0.25) is 9.78 Å². The van der Waals surface area contributed by atoms with E-state index in [9.17, 15) is 4.79 Å². The molecule has 1 aromatic rings. The molecule has 17 heavy (non-hydrogen) atoms. The Morgan fingerprint density at radius 3 is 2.88 bits per heavy atom. The summed E-state index contributed by atoms with van der Waals surface area (Å²) in [5.41, 5.74) is 1.78. The number of hydrogen-bond donors (Lipinski definition) is 0. The molecule has 1 aliphatic heterocycles. The summed E-state index contributed by atoms with van der Waals surface area (Å²) in [6.45, 7) is 3.05. The zero-order chi connectivity index (χ0) is 11.8. The molecule has 0 aromatic carbocycles. The van der Waals surface area contributed by atoms with Gasteiger partial charge in [0, 0.05) is 19.0 Å². The molecule has 2 unspecified atom stereocenters. The van der Waals surface area contributed by atoms with Crippen molar-refractivity contribution in [2.24, 2.45) is 5.92 Å². The Balaban J connectivity index is 1.78. The zero-order valence-corrected chi connectivity index (χ0v) is 10.2. The normalized spacial score (nSPS) is 26.5. The van der Waals surface area contributed by atoms with Crippen LogP contribution in [0.25, 0.3) is 0 Å². The summed E-state index contributed by atoms with van der Waals surface area (Å²) in [5, 5.41) is 0. The van der Waals surface area contributed by atoms with Crippen LogP contribution in [-0.4, -0.2) is 23.4 Å². The molecular weight excluding hydrogens is 212 g/mol. The molecule has 1 saturated carbocycles. The first-order chi connectivity index (χ1) is 8.28. The standard InChI is InChI=1S/C14H18N2O/c1-2-14(17)13-6-5-12(8-15-13)16-9-10-3-4-11(16)7-10/h5-6,8,10-11H,2-4,7,9H2,1H3. The minimum absolute atomic E-state index is 0.125. The van der Waals surface area contributed by atoms with Crippen LogP contribution in [0.1, 0.15) is 43.1 Å². The second-order valence-electron chi connectivity index (χ2n) is 5.16. The zero-order valence-electron chi connectivity index (χ0n) is 10.2. The average molecular weight is 230 g/mol. The molecule has 2 atom stereocenters. The molecule has 3 nitrogen and oxygen atoms in total. The Bertz CT molecular complexity index is 426. The summed E-state index contributed by atoms with van der Waals surface area (Å²) in [7, 11) is 0. The Labute approximate surface area is 102 Å².